The van der Waals surface area contributed by atoms with Gasteiger partial charge in [0.05, 0.1) is 0 Å². The predicted octanol–water partition coefficient (Wildman–Crippen LogP) is 4.12. The molecular formula is C17H21N. The van der Waals surface area contributed by atoms with Crippen molar-refractivity contribution in [3.63, 3.8) is 0 Å². The summed E-state index contributed by atoms with van der Waals surface area (Å²) >= 11 is 0. The third-order valence-corrected chi connectivity index (χ3v) is 4.30. The second kappa shape index (κ2) is 5.11. The van der Waals surface area contributed by atoms with Crippen molar-refractivity contribution in [3.05, 3.63) is 48.0 Å². The Kier molecular flexibility index (Phi) is 3.33. The van der Waals surface area contributed by atoms with Gasteiger partial charge in [0.15, 0.2) is 0 Å². The maximum atomic E-state index is 3.67. The highest BCUT2D eigenvalue weighted by molar-refractivity contribution is 5.82. The molecule has 0 spiro atoms. The van der Waals surface area contributed by atoms with Crippen molar-refractivity contribution in [2.45, 2.75) is 38.8 Å². The standard InChI is InChI=1S/C17H21N/c1-13(15-7-4-8-15)18-12-14-9-10-16-5-2-3-6-17(16)11-14/h2-3,5-6,9-11,13,15,18H,4,7-8,12H2,1H3. The summed E-state index contributed by atoms with van der Waals surface area (Å²) in [6, 6.07) is 16.0. The molecule has 0 radical (unpaired) electrons. The number of hydrogen-bond acceptors (Lipinski definition) is 1. The monoisotopic (exact) mass is 239 g/mol. The van der Waals surface area contributed by atoms with E-state index in [2.05, 4.69) is 54.7 Å². The molecule has 2 aromatic carbocycles. The first-order valence-corrected chi connectivity index (χ1v) is 7.04. The fraction of sp³-hybridized carbons (Fsp3) is 0.412. The molecule has 3 rings (SSSR count). The van der Waals surface area contributed by atoms with Crippen LogP contribution >= 0.6 is 0 Å². The van der Waals surface area contributed by atoms with E-state index < -0.39 is 0 Å². The van der Waals surface area contributed by atoms with E-state index in [0.29, 0.717) is 6.04 Å². The molecule has 1 saturated carbocycles. The van der Waals surface area contributed by atoms with Crippen LogP contribution in [-0.4, -0.2) is 6.04 Å². The van der Waals surface area contributed by atoms with Crippen LogP contribution in [0.4, 0.5) is 0 Å². The molecule has 18 heavy (non-hydrogen) atoms. The maximum absolute atomic E-state index is 3.67. The van der Waals surface area contributed by atoms with E-state index >= 15 is 0 Å². The lowest BCUT2D eigenvalue weighted by atomic mass is 9.80. The van der Waals surface area contributed by atoms with Gasteiger partial charge >= 0.3 is 0 Å². The number of nitrogens with one attached hydrogen (secondary N) is 1. The number of hydrogen-bond donors (Lipinski definition) is 1. The highest BCUT2D eigenvalue weighted by atomic mass is 14.9. The summed E-state index contributed by atoms with van der Waals surface area (Å²) in [5.41, 5.74) is 1.39. The molecule has 1 nitrogen and oxygen atoms in total. The zero-order valence-electron chi connectivity index (χ0n) is 11.0. The molecule has 0 heterocycles. The van der Waals surface area contributed by atoms with Crippen molar-refractivity contribution in [1.82, 2.24) is 5.32 Å². The SMILES string of the molecule is CC(NCc1ccc2ccccc2c1)C1CCC1. The van der Waals surface area contributed by atoms with E-state index in [1.54, 1.807) is 0 Å². The van der Waals surface area contributed by atoms with E-state index in [1.165, 1.54) is 35.6 Å². The van der Waals surface area contributed by atoms with Gasteiger partial charge in [0, 0.05) is 12.6 Å². The average molecular weight is 239 g/mol. The van der Waals surface area contributed by atoms with E-state index in [9.17, 15) is 0 Å². The summed E-state index contributed by atoms with van der Waals surface area (Å²) in [6.07, 6.45) is 4.24. The van der Waals surface area contributed by atoms with Gasteiger partial charge in [-0.25, -0.2) is 0 Å². The summed E-state index contributed by atoms with van der Waals surface area (Å²) in [4.78, 5) is 0. The normalized spacial score (nSPS) is 17.6. The van der Waals surface area contributed by atoms with Gasteiger partial charge in [0.2, 0.25) is 0 Å². The Labute approximate surface area is 109 Å². The smallest absolute Gasteiger partial charge is 0.0208 e. The van der Waals surface area contributed by atoms with Crippen LogP contribution in [0.25, 0.3) is 10.8 Å². The van der Waals surface area contributed by atoms with E-state index in [0.717, 1.165) is 12.5 Å². The molecule has 1 aliphatic rings. The van der Waals surface area contributed by atoms with Gasteiger partial charge in [-0.2, -0.15) is 0 Å². The van der Waals surface area contributed by atoms with Crippen LogP contribution in [0, 0.1) is 5.92 Å². The summed E-state index contributed by atoms with van der Waals surface area (Å²) in [7, 11) is 0. The van der Waals surface area contributed by atoms with Crippen LogP contribution in [0.15, 0.2) is 42.5 Å². The van der Waals surface area contributed by atoms with Gasteiger partial charge < -0.3 is 5.32 Å². The van der Waals surface area contributed by atoms with Crippen LogP contribution in [0.5, 0.6) is 0 Å². The Morgan fingerprint density at radius 2 is 1.89 bits per heavy atom. The molecule has 0 aromatic heterocycles. The zero-order valence-corrected chi connectivity index (χ0v) is 11.0. The van der Waals surface area contributed by atoms with Gasteiger partial charge in [-0.05, 0) is 48.1 Å². The van der Waals surface area contributed by atoms with Crippen LogP contribution in [0.2, 0.25) is 0 Å². The predicted molar refractivity (Wildman–Crippen MR) is 77.6 cm³/mol. The van der Waals surface area contributed by atoms with Crippen LogP contribution in [-0.2, 0) is 6.54 Å². The highest BCUT2D eigenvalue weighted by Crippen LogP contribution is 2.29. The minimum absolute atomic E-state index is 0.658. The third-order valence-electron chi connectivity index (χ3n) is 4.30. The lowest BCUT2D eigenvalue weighted by Crippen LogP contribution is -2.36. The third kappa shape index (κ3) is 2.41. The molecule has 0 amide bonds. The minimum Gasteiger partial charge on any atom is -0.310 e. The fourth-order valence-electron chi connectivity index (χ4n) is 2.73. The first-order valence-electron chi connectivity index (χ1n) is 7.04. The quantitative estimate of drug-likeness (QED) is 0.846. The Balaban J connectivity index is 1.66. The highest BCUT2D eigenvalue weighted by Gasteiger charge is 2.23. The number of fused-ring (bicyclic) bond motifs is 1. The molecule has 0 bridgehead atoms. The molecule has 1 fully saturated rings. The van der Waals surface area contributed by atoms with Gasteiger partial charge in [0.25, 0.3) is 0 Å². The Morgan fingerprint density at radius 3 is 2.61 bits per heavy atom. The van der Waals surface area contributed by atoms with E-state index in [-0.39, 0.29) is 0 Å². The van der Waals surface area contributed by atoms with Crippen LogP contribution in [0.1, 0.15) is 31.7 Å². The Morgan fingerprint density at radius 1 is 1.11 bits per heavy atom. The summed E-state index contributed by atoms with van der Waals surface area (Å²) in [6.45, 7) is 3.31. The van der Waals surface area contributed by atoms with Gasteiger partial charge in [-0.1, -0.05) is 42.8 Å². The van der Waals surface area contributed by atoms with Crippen LogP contribution < -0.4 is 5.32 Å². The first-order chi connectivity index (χ1) is 8.83. The van der Waals surface area contributed by atoms with Gasteiger partial charge in [-0.3, -0.25) is 0 Å². The molecule has 1 heteroatoms. The number of rotatable bonds is 4. The molecule has 0 saturated heterocycles. The maximum Gasteiger partial charge on any atom is 0.0208 e. The Hall–Kier alpha value is -1.34. The van der Waals surface area contributed by atoms with Crippen LogP contribution in [0.3, 0.4) is 0 Å². The van der Waals surface area contributed by atoms with Crippen molar-refractivity contribution in [1.29, 1.82) is 0 Å². The fourth-order valence-corrected chi connectivity index (χ4v) is 2.73. The second-order valence-electron chi connectivity index (χ2n) is 5.54. The summed E-state index contributed by atoms with van der Waals surface area (Å²) < 4.78 is 0. The van der Waals surface area contributed by atoms with Crippen molar-refractivity contribution in [2.24, 2.45) is 5.92 Å². The topological polar surface area (TPSA) is 12.0 Å². The molecule has 1 atom stereocenters. The molecule has 1 N–H and O–H groups in total. The molecule has 0 aliphatic heterocycles. The zero-order chi connectivity index (χ0) is 12.4. The summed E-state index contributed by atoms with van der Waals surface area (Å²) in [5, 5.41) is 6.33. The average Bonchev–Trinajstić information content (AvgIpc) is 2.34. The van der Waals surface area contributed by atoms with Crippen molar-refractivity contribution < 1.29 is 0 Å². The number of benzene rings is 2. The minimum atomic E-state index is 0.658. The molecular weight excluding hydrogens is 218 g/mol. The molecule has 1 aliphatic carbocycles. The van der Waals surface area contributed by atoms with Gasteiger partial charge in [0.1, 0.15) is 0 Å². The van der Waals surface area contributed by atoms with E-state index in [4.69, 9.17) is 0 Å². The molecule has 94 valence electrons. The molecule has 2 aromatic rings. The first kappa shape index (κ1) is 11.7. The Bertz CT molecular complexity index is 528. The van der Waals surface area contributed by atoms with Crippen molar-refractivity contribution in [2.75, 3.05) is 0 Å². The molecule has 1 unspecified atom stereocenters. The van der Waals surface area contributed by atoms with Gasteiger partial charge in [-0.15, -0.1) is 0 Å². The van der Waals surface area contributed by atoms with E-state index in [1.807, 2.05) is 0 Å². The van der Waals surface area contributed by atoms with Crippen molar-refractivity contribution >= 4 is 10.8 Å². The summed E-state index contributed by atoms with van der Waals surface area (Å²) in [5.74, 6) is 0.908. The van der Waals surface area contributed by atoms with Crippen molar-refractivity contribution in [3.8, 4) is 0 Å². The lowest BCUT2D eigenvalue weighted by Gasteiger charge is -2.32. The largest absolute Gasteiger partial charge is 0.310 e. The second-order valence-corrected chi connectivity index (χ2v) is 5.54. The lowest BCUT2D eigenvalue weighted by molar-refractivity contribution is 0.240.